The van der Waals surface area contributed by atoms with Gasteiger partial charge in [0.05, 0.1) is 12.2 Å². The molecule has 0 aliphatic rings. The van der Waals surface area contributed by atoms with Crippen molar-refractivity contribution < 1.29 is 0 Å². The zero-order chi connectivity index (χ0) is 14.4. The van der Waals surface area contributed by atoms with Gasteiger partial charge in [0.25, 0.3) is 0 Å². The lowest BCUT2D eigenvalue weighted by Crippen LogP contribution is -2.18. The molecule has 2 aromatic rings. The van der Waals surface area contributed by atoms with Gasteiger partial charge in [0.15, 0.2) is 0 Å². The van der Waals surface area contributed by atoms with Crippen molar-refractivity contribution in [2.24, 2.45) is 0 Å². The Kier molecular flexibility index (Phi) is 5.13. The molecule has 0 atom stereocenters. The van der Waals surface area contributed by atoms with Crippen molar-refractivity contribution in [1.82, 2.24) is 10.3 Å². The molecule has 0 saturated heterocycles. The van der Waals surface area contributed by atoms with Gasteiger partial charge in [-0.25, -0.2) is 0 Å². The van der Waals surface area contributed by atoms with Crippen molar-refractivity contribution in [1.29, 1.82) is 0 Å². The smallest absolute Gasteiger partial charge is 0.0598 e. The first-order valence-corrected chi connectivity index (χ1v) is 7.12. The third-order valence-electron chi connectivity index (χ3n) is 3.46. The van der Waals surface area contributed by atoms with Crippen LogP contribution in [-0.2, 0) is 13.1 Å². The Morgan fingerprint density at radius 1 is 1.20 bits per heavy atom. The molecular weight excluding hydrogens is 246 g/mol. The lowest BCUT2D eigenvalue weighted by atomic mass is 10.1. The summed E-state index contributed by atoms with van der Waals surface area (Å²) in [7, 11) is 2.10. The van der Waals surface area contributed by atoms with Crippen LogP contribution in [0.25, 0.3) is 0 Å². The maximum absolute atomic E-state index is 4.37. The van der Waals surface area contributed by atoms with E-state index in [0.717, 1.165) is 25.3 Å². The van der Waals surface area contributed by atoms with Crippen molar-refractivity contribution in [3.05, 3.63) is 59.4 Å². The van der Waals surface area contributed by atoms with Crippen molar-refractivity contribution >= 4 is 5.69 Å². The molecule has 0 fully saturated rings. The minimum atomic E-state index is 0.826. The van der Waals surface area contributed by atoms with Gasteiger partial charge in [0, 0.05) is 25.5 Å². The molecule has 0 aliphatic carbocycles. The van der Waals surface area contributed by atoms with E-state index < -0.39 is 0 Å². The Balaban J connectivity index is 2.07. The van der Waals surface area contributed by atoms with Gasteiger partial charge in [-0.15, -0.1) is 0 Å². The molecule has 0 amide bonds. The van der Waals surface area contributed by atoms with Crippen LogP contribution >= 0.6 is 0 Å². The molecule has 0 saturated carbocycles. The molecule has 1 heterocycles. The van der Waals surface area contributed by atoms with Crippen molar-refractivity contribution in [3.8, 4) is 0 Å². The van der Waals surface area contributed by atoms with Gasteiger partial charge >= 0.3 is 0 Å². The van der Waals surface area contributed by atoms with E-state index in [0.29, 0.717) is 0 Å². The quantitative estimate of drug-likeness (QED) is 0.873. The lowest BCUT2D eigenvalue weighted by molar-refractivity contribution is 0.723. The number of nitrogens with one attached hydrogen (secondary N) is 1. The van der Waals surface area contributed by atoms with E-state index in [1.807, 2.05) is 18.3 Å². The maximum Gasteiger partial charge on any atom is 0.0598 e. The fraction of sp³-hybridized carbons (Fsp3) is 0.353. The first kappa shape index (κ1) is 14.5. The summed E-state index contributed by atoms with van der Waals surface area (Å²) in [4.78, 5) is 6.60. The highest BCUT2D eigenvalue weighted by atomic mass is 15.1. The van der Waals surface area contributed by atoms with Crippen LogP contribution < -0.4 is 10.2 Å². The predicted octanol–water partition coefficient (Wildman–Crippen LogP) is 3.14. The van der Waals surface area contributed by atoms with E-state index in [2.05, 4.69) is 60.4 Å². The van der Waals surface area contributed by atoms with Crippen LogP contribution in [0.1, 0.15) is 23.7 Å². The predicted molar refractivity (Wildman–Crippen MR) is 84.9 cm³/mol. The summed E-state index contributed by atoms with van der Waals surface area (Å²) in [5.41, 5.74) is 5.01. The van der Waals surface area contributed by atoms with Gasteiger partial charge in [-0.3, -0.25) is 4.98 Å². The standard InChI is InChI=1S/C17H23N3/c1-4-18-12-15-8-9-17(11-14(15)2)20(3)13-16-7-5-6-10-19-16/h5-11,18H,4,12-13H2,1-3H3. The Labute approximate surface area is 121 Å². The molecule has 0 radical (unpaired) electrons. The van der Waals surface area contributed by atoms with E-state index in [1.165, 1.54) is 16.8 Å². The van der Waals surface area contributed by atoms with Crippen LogP contribution in [0.3, 0.4) is 0 Å². The molecule has 0 aliphatic heterocycles. The Morgan fingerprint density at radius 2 is 2.05 bits per heavy atom. The molecule has 2 rings (SSSR count). The van der Waals surface area contributed by atoms with Crippen LogP contribution in [0, 0.1) is 6.92 Å². The van der Waals surface area contributed by atoms with Gasteiger partial charge in [-0.05, 0) is 48.9 Å². The number of aryl methyl sites for hydroxylation is 1. The number of hydrogen-bond donors (Lipinski definition) is 1. The molecule has 0 bridgehead atoms. The van der Waals surface area contributed by atoms with E-state index >= 15 is 0 Å². The molecule has 1 aromatic heterocycles. The van der Waals surface area contributed by atoms with Gasteiger partial charge in [-0.1, -0.05) is 19.1 Å². The van der Waals surface area contributed by atoms with E-state index in [-0.39, 0.29) is 0 Å². The fourth-order valence-electron chi connectivity index (χ4n) is 2.20. The number of anilines is 1. The SMILES string of the molecule is CCNCc1ccc(N(C)Cc2ccccn2)cc1C. The molecule has 3 heteroatoms. The number of nitrogens with zero attached hydrogens (tertiary/aromatic N) is 2. The summed E-state index contributed by atoms with van der Waals surface area (Å²) in [6.45, 7) is 7.06. The highest BCUT2D eigenvalue weighted by Gasteiger charge is 2.05. The Morgan fingerprint density at radius 3 is 2.70 bits per heavy atom. The number of pyridine rings is 1. The molecule has 106 valence electrons. The average Bonchev–Trinajstić information content (AvgIpc) is 2.47. The first-order chi connectivity index (χ1) is 9.70. The second-order valence-electron chi connectivity index (χ2n) is 5.07. The van der Waals surface area contributed by atoms with Crippen LogP contribution in [0.4, 0.5) is 5.69 Å². The topological polar surface area (TPSA) is 28.2 Å². The summed E-state index contributed by atoms with van der Waals surface area (Å²) < 4.78 is 0. The number of benzene rings is 1. The van der Waals surface area contributed by atoms with Crippen LogP contribution in [0.2, 0.25) is 0 Å². The molecule has 20 heavy (non-hydrogen) atoms. The van der Waals surface area contributed by atoms with Gasteiger partial charge < -0.3 is 10.2 Å². The average molecular weight is 269 g/mol. The molecule has 1 aromatic carbocycles. The summed E-state index contributed by atoms with van der Waals surface area (Å²) in [6, 6.07) is 12.7. The van der Waals surface area contributed by atoms with Gasteiger partial charge in [-0.2, -0.15) is 0 Å². The van der Waals surface area contributed by atoms with Crippen molar-refractivity contribution in [2.45, 2.75) is 26.9 Å². The largest absolute Gasteiger partial charge is 0.369 e. The summed E-state index contributed by atoms with van der Waals surface area (Å²) >= 11 is 0. The third kappa shape index (κ3) is 3.81. The van der Waals surface area contributed by atoms with Crippen LogP contribution in [0.15, 0.2) is 42.6 Å². The molecule has 1 N–H and O–H groups in total. The summed E-state index contributed by atoms with van der Waals surface area (Å²) in [6.07, 6.45) is 1.84. The molecule has 0 unspecified atom stereocenters. The molecule has 0 spiro atoms. The third-order valence-corrected chi connectivity index (χ3v) is 3.46. The highest BCUT2D eigenvalue weighted by Crippen LogP contribution is 2.19. The van der Waals surface area contributed by atoms with Gasteiger partial charge in [0.1, 0.15) is 0 Å². The van der Waals surface area contributed by atoms with E-state index in [1.54, 1.807) is 0 Å². The van der Waals surface area contributed by atoms with Crippen LogP contribution in [0.5, 0.6) is 0 Å². The fourth-order valence-corrected chi connectivity index (χ4v) is 2.20. The maximum atomic E-state index is 4.37. The zero-order valence-electron chi connectivity index (χ0n) is 12.6. The minimum absolute atomic E-state index is 0.826. The Hall–Kier alpha value is -1.87. The van der Waals surface area contributed by atoms with E-state index in [4.69, 9.17) is 0 Å². The van der Waals surface area contributed by atoms with Crippen LogP contribution in [-0.4, -0.2) is 18.6 Å². The second kappa shape index (κ2) is 7.06. The molecule has 3 nitrogen and oxygen atoms in total. The zero-order valence-corrected chi connectivity index (χ0v) is 12.6. The van der Waals surface area contributed by atoms with Gasteiger partial charge in [0.2, 0.25) is 0 Å². The number of hydrogen-bond acceptors (Lipinski definition) is 3. The van der Waals surface area contributed by atoms with Crippen molar-refractivity contribution in [3.63, 3.8) is 0 Å². The molecular formula is C17H23N3. The van der Waals surface area contributed by atoms with E-state index in [9.17, 15) is 0 Å². The van der Waals surface area contributed by atoms with Crippen molar-refractivity contribution in [2.75, 3.05) is 18.5 Å². The minimum Gasteiger partial charge on any atom is -0.369 e. The Bertz CT molecular complexity index is 537. The summed E-state index contributed by atoms with van der Waals surface area (Å²) in [5.74, 6) is 0. The highest BCUT2D eigenvalue weighted by molar-refractivity contribution is 5.50. The number of aromatic nitrogens is 1. The lowest BCUT2D eigenvalue weighted by Gasteiger charge is -2.20. The summed E-state index contributed by atoms with van der Waals surface area (Å²) in [5, 5.41) is 3.37. The normalized spacial score (nSPS) is 10.6. The first-order valence-electron chi connectivity index (χ1n) is 7.12. The second-order valence-corrected chi connectivity index (χ2v) is 5.07. The monoisotopic (exact) mass is 269 g/mol. The number of rotatable bonds is 6.